The van der Waals surface area contributed by atoms with Crippen molar-refractivity contribution in [2.24, 2.45) is 0 Å². The standard InChI is InChI=1S/C12H26N2S/c1-6-15-8-11(3)14-9-12(4,5)13-7-10(14)2/h10-11,13H,6-9H2,1-5H3. The van der Waals surface area contributed by atoms with E-state index in [4.69, 9.17) is 0 Å². The second-order valence-corrected chi connectivity index (χ2v) is 6.61. The zero-order valence-corrected chi connectivity index (χ0v) is 11.7. The summed E-state index contributed by atoms with van der Waals surface area (Å²) in [6, 6.07) is 1.37. The van der Waals surface area contributed by atoms with Gasteiger partial charge in [0.15, 0.2) is 0 Å². The maximum atomic E-state index is 3.60. The molecule has 0 aliphatic carbocycles. The molecule has 90 valence electrons. The van der Waals surface area contributed by atoms with E-state index in [1.165, 1.54) is 18.1 Å². The summed E-state index contributed by atoms with van der Waals surface area (Å²) in [6.45, 7) is 13.8. The van der Waals surface area contributed by atoms with Crippen LogP contribution < -0.4 is 5.32 Å². The fraction of sp³-hybridized carbons (Fsp3) is 1.00. The zero-order chi connectivity index (χ0) is 11.5. The van der Waals surface area contributed by atoms with Crippen LogP contribution in [0.2, 0.25) is 0 Å². The van der Waals surface area contributed by atoms with E-state index in [1.807, 2.05) is 11.8 Å². The van der Waals surface area contributed by atoms with E-state index in [0.717, 1.165) is 6.54 Å². The van der Waals surface area contributed by atoms with Crippen LogP contribution in [0.4, 0.5) is 0 Å². The van der Waals surface area contributed by atoms with Crippen molar-refractivity contribution in [2.75, 3.05) is 24.6 Å². The smallest absolute Gasteiger partial charge is 0.0253 e. The van der Waals surface area contributed by atoms with E-state index < -0.39 is 0 Å². The Bertz CT molecular complexity index is 194. The van der Waals surface area contributed by atoms with Crippen LogP contribution in [0, 0.1) is 0 Å². The minimum Gasteiger partial charge on any atom is -0.309 e. The number of thioether (sulfide) groups is 1. The van der Waals surface area contributed by atoms with Gasteiger partial charge in [-0.05, 0) is 33.4 Å². The zero-order valence-electron chi connectivity index (χ0n) is 10.8. The van der Waals surface area contributed by atoms with E-state index in [9.17, 15) is 0 Å². The summed E-state index contributed by atoms with van der Waals surface area (Å²) in [4.78, 5) is 2.65. The molecule has 0 aromatic rings. The van der Waals surface area contributed by atoms with E-state index >= 15 is 0 Å². The molecule has 2 atom stereocenters. The first-order chi connectivity index (χ1) is 6.96. The van der Waals surface area contributed by atoms with Gasteiger partial charge in [0.05, 0.1) is 0 Å². The third kappa shape index (κ3) is 3.97. The Morgan fingerprint density at radius 2 is 2.20 bits per heavy atom. The topological polar surface area (TPSA) is 15.3 Å². The van der Waals surface area contributed by atoms with Crippen molar-refractivity contribution in [3.8, 4) is 0 Å². The van der Waals surface area contributed by atoms with Gasteiger partial charge < -0.3 is 5.32 Å². The fourth-order valence-electron chi connectivity index (χ4n) is 2.18. The number of nitrogens with one attached hydrogen (secondary N) is 1. The van der Waals surface area contributed by atoms with Gasteiger partial charge in [0.2, 0.25) is 0 Å². The molecule has 0 aromatic heterocycles. The van der Waals surface area contributed by atoms with Crippen LogP contribution in [0.3, 0.4) is 0 Å². The molecule has 1 rings (SSSR count). The van der Waals surface area contributed by atoms with Crippen LogP contribution in [0.15, 0.2) is 0 Å². The number of nitrogens with zero attached hydrogens (tertiary/aromatic N) is 1. The highest BCUT2D eigenvalue weighted by Gasteiger charge is 2.32. The minimum atomic E-state index is 0.275. The summed E-state index contributed by atoms with van der Waals surface area (Å²) in [6.07, 6.45) is 0. The molecule has 0 spiro atoms. The first-order valence-electron chi connectivity index (χ1n) is 6.05. The summed E-state index contributed by atoms with van der Waals surface area (Å²) in [7, 11) is 0. The number of rotatable bonds is 4. The molecule has 0 aromatic carbocycles. The van der Waals surface area contributed by atoms with Gasteiger partial charge >= 0.3 is 0 Å². The minimum absolute atomic E-state index is 0.275. The highest BCUT2D eigenvalue weighted by molar-refractivity contribution is 7.99. The molecule has 1 N–H and O–H groups in total. The predicted octanol–water partition coefficient (Wildman–Crippen LogP) is 2.20. The molecular formula is C12H26N2S. The van der Waals surface area contributed by atoms with Crippen LogP contribution in [0.1, 0.15) is 34.6 Å². The highest BCUT2D eigenvalue weighted by atomic mass is 32.2. The summed E-state index contributed by atoms with van der Waals surface area (Å²) < 4.78 is 0. The van der Waals surface area contributed by atoms with Gasteiger partial charge in [-0.3, -0.25) is 4.90 Å². The van der Waals surface area contributed by atoms with E-state index in [1.54, 1.807) is 0 Å². The molecule has 2 unspecified atom stereocenters. The van der Waals surface area contributed by atoms with Gasteiger partial charge in [0.1, 0.15) is 0 Å². The Kier molecular flexibility index (Phi) is 4.94. The molecule has 1 heterocycles. The van der Waals surface area contributed by atoms with Crippen molar-refractivity contribution in [2.45, 2.75) is 52.2 Å². The molecular weight excluding hydrogens is 204 g/mol. The lowest BCUT2D eigenvalue weighted by molar-refractivity contribution is 0.0779. The van der Waals surface area contributed by atoms with Gasteiger partial charge in [-0.1, -0.05) is 6.92 Å². The first kappa shape index (κ1) is 13.3. The van der Waals surface area contributed by atoms with E-state index in [0.29, 0.717) is 12.1 Å². The lowest BCUT2D eigenvalue weighted by Gasteiger charge is -2.46. The summed E-state index contributed by atoms with van der Waals surface area (Å²) in [5.41, 5.74) is 0.275. The molecule has 2 nitrogen and oxygen atoms in total. The second kappa shape index (κ2) is 5.55. The molecule has 0 amide bonds. The molecule has 0 bridgehead atoms. The summed E-state index contributed by atoms with van der Waals surface area (Å²) in [5, 5.41) is 3.60. The van der Waals surface area contributed by atoms with Gasteiger partial charge in [0.25, 0.3) is 0 Å². The second-order valence-electron chi connectivity index (χ2n) is 5.29. The van der Waals surface area contributed by atoms with E-state index in [-0.39, 0.29) is 5.54 Å². The number of hydrogen-bond acceptors (Lipinski definition) is 3. The molecule has 1 aliphatic heterocycles. The summed E-state index contributed by atoms with van der Waals surface area (Å²) in [5.74, 6) is 2.49. The molecule has 1 fully saturated rings. The van der Waals surface area contributed by atoms with E-state index in [2.05, 4.69) is 44.8 Å². The number of piperazine rings is 1. The lowest BCUT2D eigenvalue weighted by atomic mass is 9.98. The lowest BCUT2D eigenvalue weighted by Crippen LogP contribution is -2.63. The Morgan fingerprint density at radius 1 is 1.53 bits per heavy atom. The Labute approximate surface area is 99.2 Å². The Balaban J connectivity index is 2.50. The van der Waals surface area contributed by atoms with Crippen LogP contribution in [-0.2, 0) is 0 Å². The highest BCUT2D eigenvalue weighted by Crippen LogP contribution is 2.19. The van der Waals surface area contributed by atoms with Gasteiger partial charge in [-0.25, -0.2) is 0 Å². The molecule has 15 heavy (non-hydrogen) atoms. The SMILES string of the molecule is CCSCC(C)N1CC(C)(C)NCC1C. The first-order valence-corrected chi connectivity index (χ1v) is 7.20. The largest absolute Gasteiger partial charge is 0.309 e. The molecule has 0 saturated carbocycles. The molecule has 0 radical (unpaired) electrons. The Hall–Kier alpha value is 0.270. The average Bonchev–Trinajstić information content (AvgIpc) is 2.18. The van der Waals surface area contributed by atoms with Crippen molar-refractivity contribution in [1.29, 1.82) is 0 Å². The molecule has 3 heteroatoms. The fourth-order valence-corrected chi connectivity index (χ4v) is 2.95. The van der Waals surface area contributed by atoms with Crippen molar-refractivity contribution in [1.82, 2.24) is 10.2 Å². The monoisotopic (exact) mass is 230 g/mol. The van der Waals surface area contributed by atoms with Crippen molar-refractivity contribution >= 4 is 11.8 Å². The number of hydrogen-bond donors (Lipinski definition) is 1. The predicted molar refractivity (Wildman–Crippen MR) is 70.7 cm³/mol. The van der Waals surface area contributed by atoms with Crippen molar-refractivity contribution in [3.63, 3.8) is 0 Å². The average molecular weight is 230 g/mol. The molecule has 1 saturated heterocycles. The van der Waals surface area contributed by atoms with Crippen LogP contribution in [-0.4, -0.2) is 47.1 Å². The van der Waals surface area contributed by atoms with Crippen LogP contribution >= 0.6 is 11.8 Å². The van der Waals surface area contributed by atoms with Gasteiger partial charge in [0, 0.05) is 36.5 Å². The van der Waals surface area contributed by atoms with Crippen LogP contribution in [0.25, 0.3) is 0 Å². The summed E-state index contributed by atoms with van der Waals surface area (Å²) >= 11 is 2.05. The Morgan fingerprint density at radius 3 is 2.80 bits per heavy atom. The van der Waals surface area contributed by atoms with Gasteiger partial charge in [-0.2, -0.15) is 11.8 Å². The normalized spacial score (nSPS) is 29.0. The maximum Gasteiger partial charge on any atom is 0.0253 e. The quantitative estimate of drug-likeness (QED) is 0.797. The third-order valence-corrected chi connectivity index (χ3v) is 4.28. The van der Waals surface area contributed by atoms with Crippen molar-refractivity contribution in [3.05, 3.63) is 0 Å². The maximum absolute atomic E-state index is 3.60. The molecule has 1 aliphatic rings. The van der Waals surface area contributed by atoms with Crippen LogP contribution in [0.5, 0.6) is 0 Å². The van der Waals surface area contributed by atoms with Crippen molar-refractivity contribution < 1.29 is 0 Å². The van der Waals surface area contributed by atoms with Gasteiger partial charge in [-0.15, -0.1) is 0 Å². The third-order valence-electron chi connectivity index (χ3n) is 3.15.